The molecule has 1 atom stereocenters. The van der Waals surface area contributed by atoms with Crippen LogP contribution in [0.2, 0.25) is 0 Å². The van der Waals surface area contributed by atoms with Gasteiger partial charge in [0.1, 0.15) is 0 Å². The fourth-order valence-corrected chi connectivity index (χ4v) is 4.27. The third-order valence-corrected chi connectivity index (χ3v) is 6.65. The summed E-state index contributed by atoms with van der Waals surface area (Å²) in [6.45, 7) is 0.916. The normalized spacial score (nSPS) is 17.2. The molecule has 9 heteroatoms. The average Bonchev–Trinajstić information content (AvgIpc) is 3.18. The van der Waals surface area contributed by atoms with Crippen molar-refractivity contribution in [3.63, 3.8) is 0 Å². The molecule has 4 heterocycles. The molecule has 0 aliphatic carbocycles. The molecule has 23 heavy (non-hydrogen) atoms. The van der Waals surface area contributed by atoms with Gasteiger partial charge in [-0.15, -0.1) is 0 Å². The van der Waals surface area contributed by atoms with Crippen LogP contribution in [0.25, 0.3) is 11.0 Å². The Balaban J connectivity index is 1.75. The average molecular weight is 445 g/mol. The molecule has 4 rings (SSSR count). The Morgan fingerprint density at radius 2 is 2.35 bits per heavy atom. The van der Waals surface area contributed by atoms with Crippen molar-refractivity contribution in [1.82, 2.24) is 19.9 Å². The summed E-state index contributed by atoms with van der Waals surface area (Å²) in [5, 5.41) is 6.51. The van der Waals surface area contributed by atoms with Crippen molar-refractivity contribution in [2.45, 2.75) is 16.9 Å². The van der Waals surface area contributed by atoms with E-state index in [2.05, 4.69) is 25.3 Å². The van der Waals surface area contributed by atoms with Gasteiger partial charge in [-0.2, -0.15) is 0 Å². The van der Waals surface area contributed by atoms with Crippen molar-refractivity contribution in [1.29, 1.82) is 0 Å². The van der Waals surface area contributed by atoms with Gasteiger partial charge in [-0.25, -0.2) is 0 Å². The SMILES string of the molecule is NCCc1[nH]c2nc(C3C[I-]3)nc(NCc3nccs3)c2c1F. The van der Waals surface area contributed by atoms with Gasteiger partial charge in [0.05, 0.1) is 0 Å². The monoisotopic (exact) mass is 445 g/mol. The minimum absolute atomic E-state index is 0.181. The number of nitrogens with two attached hydrogens (primary N) is 1. The summed E-state index contributed by atoms with van der Waals surface area (Å²) < 4.78 is 16.4. The van der Waals surface area contributed by atoms with Gasteiger partial charge >= 0.3 is 147 Å². The molecule has 0 bridgehead atoms. The van der Waals surface area contributed by atoms with E-state index in [9.17, 15) is 4.39 Å². The standard InChI is InChI=1S/C14H15FIN6S/c15-11-8(1-2-17)20-14-10(11)13(19-6-9-18-3-4-23-9)21-12(22-14)7-5-16-7/h3-4,7H,1-2,5-6,17H2,(H2,19,20,21,22)/q-1. The Kier molecular flexibility index (Phi) is 4.16. The Morgan fingerprint density at radius 1 is 1.48 bits per heavy atom. The van der Waals surface area contributed by atoms with Crippen molar-refractivity contribution >= 4 is 28.2 Å². The molecule has 122 valence electrons. The second-order valence-electron chi connectivity index (χ2n) is 5.17. The number of nitrogens with one attached hydrogen (secondary N) is 2. The first-order chi connectivity index (χ1) is 11.3. The predicted molar refractivity (Wildman–Crippen MR) is 83.7 cm³/mol. The molecule has 6 nitrogen and oxygen atoms in total. The van der Waals surface area contributed by atoms with Crippen molar-refractivity contribution in [2.24, 2.45) is 5.73 Å². The molecule has 1 aliphatic heterocycles. The van der Waals surface area contributed by atoms with E-state index < -0.39 is 0 Å². The number of halogens is 2. The fourth-order valence-electron chi connectivity index (χ4n) is 2.39. The number of aromatic nitrogens is 4. The molecule has 0 saturated carbocycles. The van der Waals surface area contributed by atoms with Gasteiger partial charge < -0.3 is 0 Å². The third-order valence-electron chi connectivity index (χ3n) is 3.55. The molecule has 1 aliphatic rings. The van der Waals surface area contributed by atoms with Crippen molar-refractivity contribution in [2.75, 3.05) is 16.3 Å². The van der Waals surface area contributed by atoms with E-state index in [0.29, 0.717) is 46.0 Å². The molecule has 1 fully saturated rings. The number of anilines is 1. The fraction of sp³-hybridized carbons (Fsp3) is 0.357. The van der Waals surface area contributed by atoms with Crippen LogP contribution in [0.5, 0.6) is 0 Å². The molecular formula is C14H15FIN6S-. The number of thiazole rings is 1. The van der Waals surface area contributed by atoms with E-state index in [1.165, 1.54) is 4.43 Å². The Bertz CT molecular complexity index is 830. The Hall–Kier alpha value is -1.33. The topological polar surface area (TPSA) is 92.5 Å². The van der Waals surface area contributed by atoms with Crippen LogP contribution in [0.1, 0.15) is 20.5 Å². The van der Waals surface area contributed by atoms with Gasteiger partial charge in [0.2, 0.25) is 0 Å². The summed E-state index contributed by atoms with van der Waals surface area (Å²) in [7, 11) is 0. The number of hydrogen-bond acceptors (Lipinski definition) is 6. The van der Waals surface area contributed by atoms with Crippen LogP contribution in [0.15, 0.2) is 11.6 Å². The zero-order valence-corrected chi connectivity index (χ0v) is 15.1. The Labute approximate surface area is 146 Å². The van der Waals surface area contributed by atoms with Crippen LogP contribution >= 0.6 is 11.3 Å². The number of hydrogen-bond donors (Lipinski definition) is 3. The quantitative estimate of drug-likeness (QED) is 0.328. The van der Waals surface area contributed by atoms with Crippen molar-refractivity contribution < 1.29 is 25.6 Å². The van der Waals surface area contributed by atoms with Gasteiger partial charge in [0.25, 0.3) is 0 Å². The zero-order chi connectivity index (χ0) is 15.8. The summed E-state index contributed by atoms with van der Waals surface area (Å²) in [6, 6.07) is 0. The molecule has 3 aromatic heterocycles. The first kappa shape index (κ1) is 15.2. The zero-order valence-electron chi connectivity index (χ0n) is 12.1. The van der Waals surface area contributed by atoms with Gasteiger partial charge in [-0.05, 0) is 0 Å². The summed E-state index contributed by atoms with van der Waals surface area (Å²) in [5.41, 5.74) is 6.62. The number of fused-ring (bicyclic) bond motifs is 1. The first-order valence-corrected chi connectivity index (χ1v) is 10.9. The number of rotatable bonds is 6. The van der Waals surface area contributed by atoms with E-state index in [1.807, 2.05) is 5.38 Å². The Morgan fingerprint density at radius 3 is 3.04 bits per heavy atom. The van der Waals surface area contributed by atoms with Crippen LogP contribution < -0.4 is 32.3 Å². The van der Waals surface area contributed by atoms with Crippen molar-refractivity contribution in [3.05, 3.63) is 33.9 Å². The second kappa shape index (κ2) is 6.29. The molecule has 0 amide bonds. The van der Waals surface area contributed by atoms with Crippen LogP contribution in [0, 0.1) is 5.82 Å². The van der Waals surface area contributed by atoms with E-state index >= 15 is 0 Å². The maximum absolute atomic E-state index is 14.7. The van der Waals surface area contributed by atoms with E-state index in [-0.39, 0.29) is 27.0 Å². The molecule has 4 N–H and O–H groups in total. The van der Waals surface area contributed by atoms with E-state index in [4.69, 9.17) is 5.73 Å². The van der Waals surface area contributed by atoms with E-state index in [0.717, 1.165) is 10.8 Å². The molecule has 1 unspecified atom stereocenters. The predicted octanol–water partition coefficient (Wildman–Crippen LogP) is -1.19. The van der Waals surface area contributed by atoms with Crippen LogP contribution in [-0.2, 0) is 13.0 Å². The summed E-state index contributed by atoms with van der Waals surface area (Å²) in [4.78, 5) is 16.4. The third kappa shape index (κ3) is 3.04. The molecule has 0 aromatic carbocycles. The summed E-state index contributed by atoms with van der Waals surface area (Å²) in [6.07, 6.45) is 2.22. The van der Waals surface area contributed by atoms with Crippen LogP contribution in [0.4, 0.5) is 10.2 Å². The van der Waals surface area contributed by atoms with Gasteiger partial charge in [0, 0.05) is 0 Å². The van der Waals surface area contributed by atoms with Crippen LogP contribution in [0.3, 0.4) is 0 Å². The molecule has 1 saturated heterocycles. The van der Waals surface area contributed by atoms with Gasteiger partial charge in [-0.1, -0.05) is 0 Å². The number of alkyl halides is 2. The first-order valence-electron chi connectivity index (χ1n) is 7.24. The van der Waals surface area contributed by atoms with Crippen LogP contribution in [-0.4, -0.2) is 30.9 Å². The van der Waals surface area contributed by atoms with E-state index in [1.54, 1.807) is 17.5 Å². The minimum atomic E-state index is -0.302. The molecule has 0 radical (unpaired) electrons. The maximum atomic E-state index is 14.7. The molecule has 3 aromatic rings. The van der Waals surface area contributed by atoms with Gasteiger partial charge in [-0.3, -0.25) is 0 Å². The molecular weight excluding hydrogens is 430 g/mol. The second-order valence-corrected chi connectivity index (χ2v) is 9.41. The summed E-state index contributed by atoms with van der Waals surface area (Å²) >= 11 is 1.74. The van der Waals surface area contributed by atoms with Crippen molar-refractivity contribution in [3.8, 4) is 0 Å². The number of aromatic amines is 1. The number of H-pyrrole nitrogens is 1. The van der Waals surface area contributed by atoms with Gasteiger partial charge in [0.15, 0.2) is 0 Å². The molecule has 0 spiro atoms. The number of nitrogens with zero attached hydrogens (tertiary/aromatic N) is 3. The summed E-state index contributed by atoms with van der Waals surface area (Å²) in [5.74, 6) is 1.07.